The largest absolute Gasteiger partial charge is 0.481 e. The van der Waals surface area contributed by atoms with Crippen LogP contribution < -0.4 is 0 Å². The minimum Gasteiger partial charge on any atom is -0.481 e. The molecule has 0 unspecified atom stereocenters. The summed E-state index contributed by atoms with van der Waals surface area (Å²) in [6.07, 6.45) is 7.32. The van der Waals surface area contributed by atoms with E-state index >= 15 is 0 Å². The fraction of sp³-hybridized carbons (Fsp3) is 0.875. The van der Waals surface area contributed by atoms with Gasteiger partial charge in [0.15, 0.2) is 0 Å². The summed E-state index contributed by atoms with van der Waals surface area (Å²) in [5, 5.41) is 15.8. The molecule has 2 N–H and O–H groups in total. The van der Waals surface area contributed by atoms with Gasteiger partial charge in [-0.2, -0.15) is 0 Å². The molecule has 0 spiro atoms. The second-order valence-electron chi connectivity index (χ2n) is 4.29. The Morgan fingerprint density at radius 1 is 0.571 bits per heavy atom. The minimum atomic E-state index is -0.711. The van der Waals surface area contributed by atoms with Gasteiger partial charge >= 0.3 is 11.9 Å². The third-order valence-corrected chi connectivity index (χ3v) is 1.93. The molecule has 0 amide bonds. The van der Waals surface area contributed by atoms with Crippen molar-refractivity contribution in [2.75, 3.05) is 0 Å². The number of carboxylic acid groups (broad SMARTS) is 2. The molecule has 0 saturated carbocycles. The molecule has 0 bridgehead atoms. The fourth-order valence-electron chi connectivity index (χ4n) is 0.428. The summed E-state index contributed by atoms with van der Waals surface area (Å²) >= 11 is 0. The van der Waals surface area contributed by atoms with E-state index in [1.807, 2.05) is 13.8 Å². The molecule has 0 saturated heterocycles. The van der Waals surface area contributed by atoms with Gasteiger partial charge in [-0.1, -0.05) is 67.2 Å². The molecule has 0 rings (SSSR count). The van der Waals surface area contributed by atoms with Crippen LogP contribution in [0.15, 0.2) is 0 Å². The van der Waals surface area contributed by atoms with Crippen LogP contribution in [0.2, 0.25) is 0 Å². The molecule has 0 fully saturated rings. The second-order valence-corrected chi connectivity index (χ2v) is 4.29. The van der Waals surface area contributed by atoms with Crippen LogP contribution >= 0.6 is 0 Å². The number of carbonyl (C=O) groups is 2. The maximum atomic E-state index is 9.60. The molecule has 0 aromatic rings. The maximum Gasteiger partial charge on any atom is 0.303 e. The van der Waals surface area contributed by atoms with E-state index < -0.39 is 11.9 Å². The monoisotopic (exact) mass is 412 g/mol. The predicted octanol–water partition coefficient (Wildman–Crippen LogP) is 4.97. The van der Waals surface area contributed by atoms with Crippen LogP contribution in [0.4, 0.5) is 0 Å². The first kappa shape index (κ1) is 32.6. The van der Waals surface area contributed by atoms with Crippen LogP contribution in [0.5, 0.6) is 0 Å². The van der Waals surface area contributed by atoms with E-state index in [0.29, 0.717) is 12.8 Å². The molecule has 4 radical (unpaired) electrons. The van der Waals surface area contributed by atoms with Crippen molar-refractivity contribution in [3.05, 3.63) is 0 Å². The Bertz CT molecular complexity index is 161. The van der Waals surface area contributed by atoms with Crippen LogP contribution in [0.3, 0.4) is 0 Å². The van der Waals surface area contributed by atoms with Gasteiger partial charge in [-0.05, 0) is 12.8 Å². The van der Waals surface area contributed by atoms with Crippen LogP contribution in [0.1, 0.15) is 92.9 Å². The van der Waals surface area contributed by atoms with E-state index in [4.69, 9.17) is 10.2 Å². The third-order valence-electron chi connectivity index (χ3n) is 1.93. The molecule has 0 heterocycles. The van der Waals surface area contributed by atoms with Crippen molar-refractivity contribution in [2.45, 2.75) is 92.9 Å². The Morgan fingerprint density at radius 2 is 0.762 bits per heavy atom. The molecule has 4 nitrogen and oxygen atoms in total. The van der Waals surface area contributed by atoms with E-state index in [0.717, 1.165) is 12.8 Å². The van der Waals surface area contributed by atoms with Gasteiger partial charge in [-0.3, -0.25) is 9.59 Å². The molecule has 0 atom stereocenters. The Labute approximate surface area is 148 Å². The third kappa shape index (κ3) is 104. The maximum absolute atomic E-state index is 9.60. The van der Waals surface area contributed by atoms with E-state index in [9.17, 15) is 9.59 Å². The van der Waals surface area contributed by atoms with E-state index in [1.54, 1.807) is 0 Å². The summed E-state index contributed by atoms with van der Waals surface area (Å²) in [4.78, 5) is 19.2. The molecular weight excluding hydrogens is 375 g/mol. The average Bonchev–Trinajstić information content (AvgIpc) is 2.39. The zero-order valence-corrected chi connectivity index (χ0v) is 17.7. The molecule has 0 aromatic heterocycles. The number of hydrogen-bond acceptors (Lipinski definition) is 2. The molecule has 0 aliphatic heterocycles. The number of unbranched alkanes of at least 4 members (excludes halogenated alkanes) is 2. The summed E-state index contributed by atoms with van der Waals surface area (Å²) in [7, 11) is 0. The number of hydrogen-bond donors (Lipinski definition) is 2. The number of carboxylic acids is 2. The topological polar surface area (TPSA) is 74.6 Å². The Kier molecular flexibility index (Phi) is 57.0. The van der Waals surface area contributed by atoms with Gasteiger partial charge in [0, 0.05) is 36.7 Å². The molecule has 21 heavy (non-hydrogen) atoms. The summed E-state index contributed by atoms with van der Waals surface area (Å²) in [5.74, 6) is -1.42. The number of rotatable bonds is 6. The minimum absolute atomic E-state index is 0. The zero-order chi connectivity index (χ0) is 16.8. The van der Waals surface area contributed by atoms with E-state index in [2.05, 4.69) is 27.7 Å². The molecule has 0 aromatic carbocycles. The Hall–Kier alpha value is -0.261. The Balaban J connectivity index is -0.0000000544. The fourth-order valence-corrected chi connectivity index (χ4v) is 0.428. The van der Waals surface area contributed by atoms with Gasteiger partial charge < -0.3 is 10.2 Å². The summed E-state index contributed by atoms with van der Waals surface area (Å²) < 4.78 is 0. The predicted molar refractivity (Wildman–Crippen MR) is 92.0 cm³/mol. The van der Waals surface area contributed by atoms with Crippen molar-refractivity contribution in [3.63, 3.8) is 0 Å². The van der Waals surface area contributed by atoms with Gasteiger partial charge in [0.05, 0.1) is 0 Å². The normalized spacial score (nSPS) is 7.52. The van der Waals surface area contributed by atoms with Gasteiger partial charge in [0.2, 0.25) is 0 Å². The van der Waals surface area contributed by atoms with Crippen molar-refractivity contribution < 1.29 is 19.8 Å². The zero-order valence-electron chi connectivity index (χ0n) is 14.9. The molecule has 0 aliphatic carbocycles. The quantitative estimate of drug-likeness (QED) is 0.605. The standard InChI is InChI=1S/2C4H8O2.2C4H10.Sn/c2*1-2-3-4(5)6;2*1-3-4-2;/h2*2-3H2,1H3,(H,5,6);2*3-4H2,1-2H3;. The van der Waals surface area contributed by atoms with Crippen molar-refractivity contribution >= 4 is 35.8 Å². The SMILES string of the molecule is CCCC.CCCC.CCCC(=O)O.CCCC(=O)O.[Sn]. The van der Waals surface area contributed by atoms with Gasteiger partial charge in [-0.25, -0.2) is 0 Å². The molecule has 0 aliphatic rings. The smallest absolute Gasteiger partial charge is 0.303 e. The van der Waals surface area contributed by atoms with Crippen LogP contribution in [-0.4, -0.2) is 46.1 Å². The summed E-state index contributed by atoms with van der Waals surface area (Å²) in [6.45, 7) is 12.4. The van der Waals surface area contributed by atoms with Crippen molar-refractivity contribution in [1.82, 2.24) is 0 Å². The summed E-state index contributed by atoms with van der Waals surface area (Å²) in [6, 6.07) is 0. The van der Waals surface area contributed by atoms with Crippen LogP contribution in [-0.2, 0) is 9.59 Å². The van der Waals surface area contributed by atoms with Gasteiger partial charge in [0.1, 0.15) is 0 Å². The first-order chi connectivity index (χ1) is 9.37. The average molecular weight is 411 g/mol. The van der Waals surface area contributed by atoms with Crippen LogP contribution in [0, 0.1) is 0 Å². The van der Waals surface area contributed by atoms with Crippen LogP contribution in [0.25, 0.3) is 0 Å². The van der Waals surface area contributed by atoms with Gasteiger partial charge in [0.25, 0.3) is 0 Å². The van der Waals surface area contributed by atoms with Crippen molar-refractivity contribution in [3.8, 4) is 0 Å². The van der Waals surface area contributed by atoms with E-state index in [-0.39, 0.29) is 23.9 Å². The first-order valence-corrected chi connectivity index (χ1v) is 7.81. The Morgan fingerprint density at radius 3 is 0.762 bits per heavy atom. The van der Waals surface area contributed by atoms with E-state index in [1.165, 1.54) is 25.7 Å². The molecular formula is C16H36O4Sn. The van der Waals surface area contributed by atoms with Crippen molar-refractivity contribution in [2.24, 2.45) is 0 Å². The molecule has 5 heteroatoms. The number of aliphatic carboxylic acids is 2. The second kappa shape index (κ2) is 36.7. The van der Waals surface area contributed by atoms with Gasteiger partial charge in [-0.15, -0.1) is 0 Å². The molecule has 128 valence electrons. The van der Waals surface area contributed by atoms with Crippen molar-refractivity contribution in [1.29, 1.82) is 0 Å². The summed E-state index contributed by atoms with van der Waals surface area (Å²) in [5.41, 5.74) is 0. The first-order valence-electron chi connectivity index (χ1n) is 7.81.